The third-order valence-electron chi connectivity index (χ3n) is 5.28. The number of esters is 1. The smallest absolute Gasteiger partial charge is 0.336 e. The molecule has 0 bridgehead atoms. The van der Waals surface area contributed by atoms with Gasteiger partial charge in [-0.2, -0.15) is 0 Å². The molecule has 2 heterocycles. The summed E-state index contributed by atoms with van der Waals surface area (Å²) < 4.78 is 10.8. The van der Waals surface area contributed by atoms with Crippen LogP contribution in [0, 0.1) is 0 Å². The number of likely N-dealkylation sites (N-methyl/N-ethyl adjacent to an activating group) is 1. The van der Waals surface area contributed by atoms with E-state index in [-0.39, 0.29) is 12.5 Å². The van der Waals surface area contributed by atoms with E-state index in [1.54, 1.807) is 24.3 Å². The average Bonchev–Trinajstić information content (AvgIpc) is 3.25. The van der Waals surface area contributed by atoms with Crippen LogP contribution in [0.1, 0.15) is 19.4 Å². The van der Waals surface area contributed by atoms with Gasteiger partial charge in [-0.3, -0.25) is 4.79 Å². The molecule has 0 fully saturated rings. The van der Waals surface area contributed by atoms with E-state index in [2.05, 4.69) is 0 Å². The van der Waals surface area contributed by atoms with Gasteiger partial charge in [0.2, 0.25) is 5.91 Å². The highest BCUT2D eigenvalue weighted by Gasteiger charge is 2.61. The molecule has 1 atom stereocenters. The fourth-order valence-corrected chi connectivity index (χ4v) is 5.08. The third-order valence-corrected chi connectivity index (χ3v) is 6.25. The maximum Gasteiger partial charge on any atom is 0.336 e. The van der Waals surface area contributed by atoms with Gasteiger partial charge in [-0.05, 0) is 49.6 Å². The number of amides is 1. The number of fused-ring (bicyclic) bond motifs is 2. The number of hydrogen-bond donors (Lipinski definition) is 0. The molecule has 0 radical (unpaired) electrons. The summed E-state index contributed by atoms with van der Waals surface area (Å²) in [4.78, 5) is 33.3. The standard InChI is InChI=1S/C23H22N2O4S/c1-4-25-19-12-11-16(28-3)13-17(19)23(22(25)27)18(20(26)29-5-2)14-30-21(23)24-15-9-7-6-8-10-15/h6-14H,4-5H2,1-3H3. The Morgan fingerprint density at radius 2 is 1.93 bits per heavy atom. The Bertz CT molecular complexity index is 1060. The van der Waals surface area contributed by atoms with Crippen LogP contribution in [0.2, 0.25) is 0 Å². The molecule has 0 aliphatic carbocycles. The van der Waals surface area contributed by atoms with E-state index in [0.717, 1.165) is 5.69 Å². The highest BCUT2D eigenvalue weighted by atomic mass is 32.2. The van der Waals surface area contributed by atoms with Crippen molar-refractivity contribution in [2.45, 2.75) is 19.3 Å². The van der Waals surface area contributed by atoms with Crippen LogP contribution in [-0.2, 0) is 19.7 Å². The lowest BCUT2D eigenvalue weighted by molar-refractivity contribution is -0.140. The zero-order chi connectivity index (χ0) is 21.3. The summed E-state index contributed by atoms with van der Waals surface area (Å²) in [6, 6.07) is 14.9. The van der Waals surface area contributed by atoms with E-state index < -0.39 is 11.4 Å². The number of ether oxygens (including phenoxy) is 2. The zero-order valence-electron chi connectivity index (χ0n) is 17.0. The topological polar surface area (TPSA) is 68.2 Å². The van der Waals surface area contributed by atoms with Crippen LogP contribution in [0.25, 0.3) is 0 Å². The Balaban J connectivity index is 1.99. The number of rotatable bonds is 5. The van der Waals surface area contributed by atoms with E-state index in [1.165, 1.54) is 11.8 Å². The minimum absolute atomic E-state index is 0.202. The molecule has 1 spiro atoms. The van der Waals surface area contributed by atoms with Crippen LogP contribution in [0.3, 0.4) is 0 Å². The van der Waals surface area contributed by atoms with Gasteiger partial charge < -0.3 is 14.4 Å². The summed E-state index contributed by atoms with van der Waals surface area (Å²) in [5, 5.41) is 2.23. The van der Waals surface area contributed by atoms with Gasteiger partial charge in [0, 0.05) is 17.8 Å². The fourth-order valence-electron chi connectivity index (χ4n) is 3.93. The molecule has 0 saturated heterocycles. The van der Waals surface area contributed by atoms with Crippen LogP contribution < -0.4 is 9.64 Å². The molecule has 0 saturated carbocycles. The Hall–Kier alpha value is -3.06. The number of para-hydroxylation sites is 1. The minimum Gasteiger partial charge on any atom is -0.497 e. The summed E-state index contributed by atoms with van der Waals surface area (Å²) >= 11 is 1.29. The molecule has 6 nitrogen and oxygen atoms in total. The van der Waals surface area contributed by atoms with Gasteiger partial charge in [0.1, 0.15) is 10.8 Å². The van der Waals surface area contributed by atoms with Gasteiger partial charge in [-0.1, -0.05) is 30.0 Å². The highest BCUT2D eigenvalue weighted by Crippen LogP contribution is 2.55. The number of nitrogens with zero attached hydrogens (tertiary/aromatic N) is 2. The number of methoxy groups -OCH3 is 1. The molecule has 0 aromatic heterocycles. The SMILES string of the molecule is CCOC(=O)C1=CSC(=Nc2ccccc2)C12C(=O)N(CC)c1ccc(OC)cc12. The molecule has 2 aromatic carbocycles. The van der Waals surface area contributed by atoms with Crippen LogP contribution in [0.5, 0.6) is 5.75 Å². The first kappa shape index (κ1) is 20.2. The number of anilines is 1. The lowest BCUT2D eigenvalue weighted by atomic mass is 9.76. The molecule has 2 aliphatic rings. The molecule has 7 heteroatoms. The van der Waals surface area contributed by atoms with Crippen molar-refractivity contribution in [3.63, 3.8) is 0 Å². The van der Waals surface area contributed by atoms with Crippen molar-refractivity contribution >= 4 is 40.1 Å². The van der Waals surface area contributed by atoms with E-state index >= 15 is 0 Å². The summed E-state index contributed by atoms with van der Waals surface area (Å²) in [5.74, 6) is -0.103. The van der Waals surface area contributed by atoms with E-state index in [9.17, 15) is 9.59 Å². The van der Waals surface area contributed by atoms with Crippen LogP contribution in [0.4, 0.5) is 11.4 Å². The van der Waals surface area contributed by atoms with Crippen LogP contribution in [0.15, 0.2) is 64.5 Å². The predicted molar refractivity (Wildman–Crippen MR) is 119 cm³/mol. The van der Waals surface area contributed by atoms with Crippen molar-refractivity contribution < 1.29 is 19.1 Å². The number of benzene rings is 2. The van der Waals surface area contributed by atoms with Crippen molar-refractivity contribution in [1.82, 2.24) is 0 Å². The summed E-state index contributed by atoms with van der Waals surface area (Å²) in [6.07, 6.45) is 0. The Morgan fingerprint density at radius 1 is 1.17 bits per heavy atom. The number of carbonyl (C=O) groups is 2. The third kappa shape index (κ3) is 2.92. The van der Waals surface area contributed by atoms with Gasteiger partial charge in [0.25, 0.3) is 0 Å². The number of carbonyl (C=O) groups excluding carboxylic acids is 2. The molecular formula is C23H22N2O4S. The largest absolute Gasteiger partial charge is 0.497 e. The van der Waals surface area contributed by atoms with Gasteiger partial charge in [0.05, 0.1) is 25.0 Å². The number of thioether (sulfide) groups is 1. The molecule has 0 N–H and O–H groups in total. The first-order chi connectivity index (χ1) is 14.6. The van der Waals surface area contributed by atoms with Crippen molar-refractivity contribution in [3.8, 4) is 5.75 Å². The number of hydrogen-bond acceptors (Lipinski definition) is 6. The maximum absolute atomic E-state index is 13.9. The average molecular weight is 423 g/mol. The molecule has 2 aliphatic heterocycles. The second-order valence-corrected chi connectivity index (χ2v) is 7.66. The fraction of sp³-hybridized carbons (Fsp3) is 0.261. The van der Waals surface area contributed by atoms with Crippen LogP contribution in [-0.4, -0.2) is 37.2 Å². The monoisotopic (exact) mass is 422 g/mol. The first-order valence-electron chi connectivity index (χ1n) is 9.77. The van der Waals surface area contributed by atoms with E-state index in [4.69, 9.17) is 14.5 Å². The van der Waals surface area contributed by atoms with Crippen molar-refractivity contribution in [1.29, 1.82) is 0 Å². The van der Waals surface area contributed by atoms with Gasteiger partial charge >= 0.3 is 5.97 Å². The summed E-state index contributed by atoms with van der Waals surface area (Å²) in [5.41, 5.74) is 1.10. The molecule has 154 valence electrons. The molecule has 30 heavy (non-hydrogen) atoms. The molecule has 1 unspecified atom stereocenters. The second kappa shape index (κ2) is 7.99. The summed E-state index contributed by atoms with van der Waals surface area (Å²) in [6.45, 7) is 4.35. The second-order valence-electron chi connectivity index (χ2n) is 6.80. The van der Waals surface area contributed by atoms with E-state index in [0.29, 0.717) is 34.2 Å². The predicted octanol–water partition coefficient (Wildman–Crippen LogP) is 4.22. The number of aliphatic imine (C=N–C) groups is 1. The Morgan fingerprint density at radius 3 is 2.60 bits per heavy atom. The zero-order valence-corrected chi connectivity index (χ0v) is 17.9. The lowest BCUT2D eigenvalue weighted by Crippen LogP contribution is -2.46. The first-order valence-corrected chi connectivity index (χ1v) is 10.6. The normalized spacial score (nSPS) is 21.2. The van der Waals surface area contributed by atoms with Gasteiger partial charge in [-0.25, -0.2) is 9.79 Å². The van der Waals surface area contributed by atoms with Gasteiger partial charge in [0.15, 0.2) is 5.41 Å². The minimum atomic E-state index is -1.34. The van der Waals surface area contributed by atoms with Crippen molar-refractivity contribution in [3.05, 3.63) is 65.1 Å². The highest BCUT2D eigenvalue weighted by molar-refractivity contribution is 8.17. The molecule has 2 aromatic rings. The van der Waals surface area contributed by atoms with Gasteiger partial charge in [-0.15, -0.1) is 0 Å². The Labute approximate surface area is 179 Å². The van der Waals surface area contributed by atoms with E-state index in [1.807, 2.05) is 55.5 Å². The molecule has 4 rings (SSSR count). The quantitative estimate of drug-likeness (QED) is 0.675. The van der Waals surface area contributed by atoms with Crippen molar-refractivity contribution in [2.24, 2.45) is 4.99 Å². The lowest BCUT2D eigenvalue weighted by Gasteiger charge is -2.26. The summed E-state index contributed by atoms with van der Waals surface area (Å²) in [7, 11) is 1.58. The maximum atomic E-state index is 13.9. The Kier molecular flexibility index (Phi) is 5.39. The van der Waals surface area contributed by atoms with Crippen molar-refractivity contribution in [2.75, 3.05) is 25.2 Å². The molecular weight excluding hydrogens is 400 g/mol. The van der Waals surface area contributed by atoms with Crippen LogP contribution >= 0.6 is 11.8 Å². The molecule has 1 amide bonds.